The van der Waals surface area contributed by atoms with Crippen molar-refractivity contribution in [2.75, 3.05) is 11.5 Å². The molecule has 0 N–H and O–H groups in total. The van der Waals surface area contributed by atoms with Gasteiger partial charge in [0.1, 0.15) is 6.04 Å². The van der Waals surface area contributed by atoms with Gasteiger partial charge in [-0.1, -0.05) is 17.7 Å². The van der Waals surface area contributed by atoms with Crippen LogP contribution in [0.5, 0.6) is 0 Å². The Morgan fingerprint density at radius 2 is 2.16 bits per heavy atom. The second kappa shape index (κ2) is 5.43. The molecular formula is C15H19NO3. The van der Waals surface area contributed by atoms with Crippen molar-refractivity contribution in [3.8, 4) is 0 Å². The minimum absolute atomic E-state index is 0.00925. The van der Waals surface area contributed by atoms with E-state index in [2.05, 4.69) is 0 Å². The number of hydrogen-bond donors (Lipinski definition) is 0. The van der Waals surface area contributed by atoms with Crippen molar-refractivity contribution < 1.29 is 14.3 Å². The van der Waals surface area contributed by atoms with E-state index in [4.69, 9.17) is 4.74 Å². The van der Waals surface area contributed by atoms with E-state index < -0.39 is 6.04 Å². The molecule has 4 heteroatoms. The number of ether oxygens (including phenoxy) is 1. The molecule has 102 valence electrons. The smallest absolute Gasteiger partial charge is 0.329 e. The van der Waals surface area contributed by atoms with Crippen LogP contribution < -0.4 is 4.90 Å². The zero-order valence-electron chi connectivity index (χ0n) is 11.6. The Morgan fingerprint density at radius 1 is 1.42 bits per heavy atom. The number of benzene rings is 1. The number of hydrogen-bond acceptors (Lipinski definition) is 3. The number of anilines is 1. The number of carbonyl (C=O) groups excluding carboxylic acids is 2. The van der Waals surface area contributed by atoms with Gasteiger partial charge in [0.2, 0.25) is 5.91 Å². The second-order valence-corrected chi connectivity index (χ2v) is 4.86. The van der Waals surface area contributed by atoms with Crippen LogP contribution in [0.2, 0.25) is 0 Å². The topological polar surface area (TPSA) is 46.6 Å². The van der Waals surface area contributed by atoms with Gasteiger partial charge in [-0.25, -0.2) is 4.79 Å². The summed E-state index contributed by atoms with van der Waals surface area (Å²) in [6.45, 7) is 6.07. The number of rotatable bonds is 3. The fraction of sp³-hybridized carbons (Fsp3) is 0.467. The van der Waals surface area contributed by atoms with E-state index in [1.165, 1.54) is 0 Å². The highest BCUT2D eigenvalue weighted by molar-refractivity contribution is 6.03. The Morgan fingerprint density at radius 3 is 2.79 bits per heavy atom. The van der Waals surface area contributed by atoms with Crippen LogP contribution in [0.4, 0.5) is 5.69 Å². The van der Waals surface area contributed by atoms with E-state index in [0.717, 1.165) is 16.8 Å². The maximum Gasteiger partial charge on any atom is 0.329 e. The van der Waals surface area contributed by atoms with Gasteiger partial charge in [-0.05, 0) is 38.8 Å². The first-order valence-corrected chi connectivity index (χ1v) is 6.60. The summed E-state index contributed by atoms with van der Waals surface area (Å²) in [5, 5.41) is 0. The molecule has 0 aliphatic carbocycles. The van der Waals surface area contributed by atoms with Crippen LogP contribution in [0.15, 0.2) is 18.2 Å². The van der Waals surface area contributed by atoms with Crippen molar-refractivity contribution in [1.29, 1.82) is 0 Å². The first-order chi connectivity index (χ1) is 9.04. The van der Waals surface area contributed by atoms with E-state index in [0.29, 0.717) is 19.4 Å². The predicted octanol–water partition coefficient (Wildman–Crippen LogP) is 2.36. The minimum atomic E-state index is -0.478. The lowest BCUT2D eigenvalue weighted by Crippen LogP contribution is -2.40. The summed E-state index contributed by atoms with van der Waals surface area (Å²) in [7, 11) is 0. The van der Waals surface area contributed by atoms with Gasteiger partial charge in [0.05, 0.1) is 6.61 Å². The van der Waals surface area contributed by atoms with Gasteiger partial charge in [-0.3, -0.25) is 9.69 Å². The zero-order valence-corrected chi connectivity index (χ0v) is 11.6. The molecule has 1 aliphatic rings. The van der Waals surface area contributed by atoms with Crippen molar-refractivity contribution in [1.82, 2.24) is 0 Å². The third-order valence-corrected chi connectivity index (χ3v) is 3.38. The summed E-state index contributed by atoms with van der Waals surface area (Å²) in [6.07, 6.45) is 0.932. The second-order valence-electron chi connectivity index (χ2n) is 4.86. The summed E-state index contributed by atoms with van der Waals surface area (Å²) < 4.78 is 5.06. The van der Waals surface area contributed by atoms with Crippen molar-refractivity contribution in [3.05, 3.63) is 29.3 Å². The molecule has 1 heterocycles. The largest absolute Gasteiger partial charge is 0.464 e. The predicted molar refractivity (Wildman–Crippen MR) is 73.1 cm³/mol. The van der Waals surface area contributed by atoms with Crippen LogP contribution in [-0.4, -0.2) is 24.5 Å². The molecular weight excluding hydrogens is 242 g/mol. The summed E-state index contributed by atoms with van der Waals surface area (Å²) in [4.78, 5) is 25.6. The monoisotopic (exact) mass is 261 g/mol. The van der Waals surface area contributed by atoms with Crippen molar-refractivity contribution in [2.45, 2.75) is 39.7 Å². The third-order valence-electron chi connectivity index (χ3n) is 3.38. The van der Waals surface area contributed by atoms with Crippen LogP contribution in [0.1, 0.15) is 30.9 Å². The van der Waals surface area contributed by atoms with Crippen LogP contribution in [0.25, 0.3) is 0 Å². The highest BCUT2D eigenvalue weighted by Crippen LogP contribution is 2.30. The molecule has 1 saturated heterocycles. The SMILES string of the molecule is CCOC(=O)C1CCC(=O)N1c1ccc(C)cc1C. The standard InChI is InChI=1S/C15H19NO3/c1-4-19-15(18)13-7-8-14(17)16(13)12-6-5-10(2)9-11(12)3/h5-6,9,13H,4,7-8H2,1-3H3. The summed E-state index contributed by atoms with van der Waals surface area (Å²) in [5.74, 6) is -0.321. The maximum atomic E-state index is 12.0. The fourth-order valence-corrected chi connectivity index (χ4v) is 2.52. The quantitative estimate of drug-likeness (QED) is 0.785. The molecule has 1 amide bonds. The number of esters is 1. The third kappa shape index (κ3) is 2.62. The molecule has 1 aromatic rings. The molecule has 2 rings (SSSR count). The molecule has 1 aliphatic heterocycles. The van der Waals surface area contributed by atoms with Gasteiger partial charge in [0.15, 0.2) is 0 Å². The zero-order chi connectivity index (χ0) is 14.0. The molecule has 19 heavy (non-hydrogen) atoms. The molecule has 0 aromatic heterocycles. The Hall–Kier alpha value is -1.84. The molecule has 1 unspecified atom stereocenters. The fourth-order valence-electron chi connectivity index (χ4n) is 2.52. The Kier molecular flexibility index (Phi) is 3.88. The van der Waals surface area contributed by atoms with Crippen LogP contribution in [-0.2, 0) is 14.3 Å². The summed E-state index contributed by atoms with van der Waals surface area (Å²) in [5.41, 5.74) is 2.95. The number of amides is 1. The summed E-state index contributed by atoms with van der Waals surface area (Å²) >= 11 is 0. The minimum Gasteiger partial charge on any atom is -0.464 e. The number of aryl methyl sites for hydroxylation is 2. The van der Waals surface area contributed by atoms with Gasteiger partial charge in [-0.15, -0.1) is 0 Å². The average molecular weight is 261 g/mol. The average Bonchev–Trinajstić information content (AvgIpc) is 2.72. The van der Waals surface area contributed by atoms with Gasteiger partial charge in [-0.2, -0.15) is 0 Å². The Labute approximate surface area is 113 Å². The van der Waals surface area contributed by atoms with Crippen LogP contribution >= 0.6 is 0 Å². The number of nitrogens with zero attached hydrogens (tertiary/aromatic N) is 1. The first-order valence-electron chi connectivity index (χ1n) is 6.60. The molecule has 4 nitrogen and oxygen atoms in total. The van der Waals surface area contributed by atoms with Crippen LogP contribution in [0, 0.1) is 13.8 Å². The van der Waals surface area contributed by atoms with Gasteiger partial charge in [0.25, 0.3) is 0 Å². The molecule has 0 spiro atoms. The first kappa shape index (κ1) is 13.6. The van der Waals surface area contributed by atoms with E-state index in [9.17, 15) is 9.59 Å². The van der Waals surface area contributed by atoms with E-state index >= 15 is 0 Å². The molecule has 1 aromatic carbocycles. The Bertz CT molecular complexity index is 510. The molecule has 0 radical (unpaired) electrons. The molecule has 1 fully saturated rings. The highest BCUT2D eigenvalue weighted by atomic mass is 16.5. The summed E-state index contributed by atoms with van der Waals surface area (Å²) in [6, 6.07) is 5.40. The van der Waals surface area contributed by atoms with Gasteiger partial charge in [0, 0.05) is 12.1 Å². The van der Waals surface area contributed by atoms with Crippen molar-refractivity contribution in [3.63, 3.8) is 0 Å². The van der Waals surface area contributed by atoms with Crippen LogP contribution in [0.3, 0.4) is 0 Å². The van der Waals surface area contributed by atoms with E-state index in [1.54, 1.807) is 11.8 Å². The Balaban J connectivity index is 2.34. The van der Waals surface area contributed by atoms with Crippen molar-refractivity contribution in [2.24, 2.45) is 0 Å². The molecule has 0 bridgehead atoms. The van der Waals surface area contributed by atoms with E-state index in [-0.39, 0.29) is 11.9 Å². The van der Waals surface area contributed by atoms with Gasteiger partial charge >= 0.3 is 5.97 Å². The molecule has 1 atom stereocenters. The highest BCUT2D eigenvalue weighted by Gasteiger charge is 2.38. The lowest BCUT2D eigenvalue weighted by Gasteiger charge is -2.25. The van der Waals surface area contributed by atoms with Crippen molar-refractivity contribution >= 4 is 17.6 Å². The molecule has 0 saturated carbocycles. The maximum absolute atomic E-state index is 12.0. The lowest BCUT2D eigenvalue weighted by molar-refractivity contribution is -0.144. The lowest BCUT2D eigenvalue weighted by atomic mass is 10.1. The van der Waals surface area contributed by atoms with Gasteiger partial charge < -0.3 is 4.74 Å². The normalized spacial score (nSPS) is 18.8. The number of carbonyl (C=O) groups is 2. The van der Waals surface area contributed by atoms with E-state index in [1.807, 2.05) is 32.0 Å².